The summed E-state index contributed by atoms with van der Waals surface area (Å²) in [5.74, 6) is 0.917. The van der Waals surface area contributed by atoms with Gasteiger partial charge in [0, 0.05) is 28.3 Å². The fourth-order valence-corrected chi connectivity index (χ4v) is 3.27. The number of fused-ring (bicyclic) bond motifs is 1. The lowest BCUT2D eigenvalue weighted by molar-refractivity contribution is -0.116. The van der Waals surface area contributed by atoms with Crippen LogP contribution in [0.4, 0.5) is 5.69 Å². The highest BCUT2D eigenvalue weighted by atomic mass is 35.5. The number of anilines is 1. The minimum Gasteiger partial charge on any atom is -0.326 e. The van der Waals surface area contributed by atoms with Crippen LogP contribution >= 0.6 is 23.4 Å². The van der Waals surface area contributed by atoms with Crippen LogP contribution in [0.2, 0.25) is 5.02 Å². The molecule has 1 N–H and O–H groups in total. The average Bonchev–Trinajstić information content (AvgIpc) is 2.95. The fraction of sp³-hybridized carbons (Fsp3) is 0.222. The van der Waals surface area contributed by atoms with Crippen LogP contribution in [0.25, 0.3) is 10.9 Å². The van der Waals surface area contributed by atoms with Gasteiger partial charge in [-0.15, -0.1) is 0 Å². The zero-order valence-electron chi connectivity index (χ0n) is 13.3. The van der Waals surface area contributed by atoms with Crippen LogP contribution in [0.15, 0.2) is 48.7 Å². The molecule has 0 bridgehead atoms. The Kier molecular flexibility index (Phi) is 5.43. The van der Waals surface area contributed by atoms with Crippen LogP contribution in [-0.2, 0) is 17.1 Å². The molecule has 3 rings (SSSR count). The molecule has 0 aliphatic heterocycles. The van der Waals surface area contributed by atoms with Gasteiger partial charge in [-0.1, -0.05) is 23.7 Å². The van der Waals surface area contributed by atoms with Gasteiger partial charge >= 0.3 is 0 Å². The fourth-order valence-electron chi connectivity index (χ4n) is 2.57. The Balaban J connectivity index is 1.61. The summed E-state index contributed by atoms with van der Waals surface area (Å²) in [7, 11) is 0. The zero-order chi connectivity index (χ0) is 16.9. The van der Waals surface area contributed by atoms with E-state index in [0.29, 0.717) is 18.0 Å². The largest absolute Gasteiger partial charge is 0.326 e. The number of carbonyl (C=O) groups is 1. The number of thioether (sulfide) groups is 1. The van der Waals surface area contributed by atoms with E-state index in [4.69, 9.17) is 11.6 Å². The van der Waals surface area contributed by atoms with E-state index < -0.39 is 0 Å². The molecular formula is C18H18ClN3OS. The predicted octanol–water partition coefficient (Wildman–Crippen LogP) is 4.58. The van der Waals surface area contributed by atoms with Crippen LogP contribution in [0.3, 0.4) is 0 Å². The van der Waals surface area contributed by atoms with Crippen molar-refractivity contribution in [1.82, 2.24) is 9.78 Å². The number of hydrogen-bond acceptors (Lipinski definition) is 3. The molecule has 0 atom stereocenters. The summed E-state index contributed by atoms with van der Waals surface area (Å²) in [6.07, 6.45) is 4.20. The Labute approximate surface area is 150 Å². The SMILES string of the molecule is CSCc1cccc(NC(=O)CCn2ncc3cc(Cl)ccc32)c1. The van der Waals surface area contributed by atoms with Crippen LogP contribution in [0.1, 0.15) is 12.0 Å². The number of aromatic nitrogens is 2. The summed E-state index contributed by atoms with van der Waals surface area (Å²) >= 11 is 7.74. The summed E-state index contributed by atoms with van der Waals surface area (Å²) in [4.78, 5) is 12.2. The van der Waals surface area contributed by atoms with Crippen LogP contribution in [0, 0.1) is 0 Å². The van der Waals surface area contributed by atoms with Crippen molar-refractivity contribution in [3.05, 3.63) is 59.2 Å². The lowest BCUT2D eigenvalue weighted by atomic mass is 10.2. The first kappa shape index (κ1) is 16.9. The van der Waals surface area contributed by atoms with E-state index in [1.165, 1.54) is 5.56 Å². The second kappa shape index (κ2) is 7.73. The van der Waals surface area contributed by atoms with E-state index in [1.54, 1.807) is 18.0 Å². The van der Waals surface area contributed by atoms with Gasteiger partial charge in [-0.25, -0.2) is 0 Å². The molecule has 1 heterocycles. The van der Waals surface area contributed by atoms with Gasteiger partial charge in [0.25, 0.3) is 0 Å². The van der Waals surface area contributed by atoms with Crippen molar-refractivity contribution in [1.29, 1.82) is 0 Å². The van der Waals surface area contributed by atoms with Gasteiger partial charge in [0.15, 0.2) is 0 Å². The van der Waals surface area contributed by atoms with Crippen molar-refractivity contribution in [2.75, 3.05) is 11.6 Å². The first-order valence-corrected chi connectivity index (χ1v) is 9.42. The lowest BCUT2D eigenvalue weighted by Gasteiger charge is -2.08. The molecule has 0 aliphatic rings. The van der Waals surface area contributed by atoms with Gasteiger partial charge in [0.05, 0.1) is 18.3 Å². The summed E-state index contributed by atoms with van der Waals surface area (Å²) in [6.45, 7) is 0.529. The van der Waals surface area contributed by atoms with Crippen LogP contribution in [-0.4, -0.2) is 21.9 Å². The molecule has 2 aromatic carbocycles. The molecule has 0 saturated carbocycles. The maximum Gasteiger partial charge on any atom is 0.226 e. The lowest BCUT2D eigenvalue weighted by Crippen LogP contribution is -2.15. The molecular weight excluding hydrogens is 342 g/mol. The number of carbonyl (C=O) groups excluding carboxylic acids is 1. The quantitative estimate of drug-likeness (QED) is 0.700. The van der Waals surface area contributed by atoms with Crippen molar-refractivity contribution in [3.8, 4) is 0 Å². The molecule has 1 aromatic heterocycles. The minimum atomic E-state index is -0.0195. The second-order valence-corrected chi connectivity index (χ2v) is 6.80. The molecule has 124 valence electrons. The number of rotatable bonds is 6. The summed E-state index contributed by atoms with van der Waals surface area (Å²) in [5, 5.41) is 8.94. The maximum atomic E-state index is 12.2. The van der Waals surface area contributed by atoms with E-state index in [9.17, 15) is 4.79 Å². The van der Waals surface area contributed by atoms with E-state index in [-0.39, 0.29) is 5.91 Å². The summed E-state index contributed by atoms with van der Waals surface area (Å²) < 4.78 is 1.83. The zero-order valence-corrected chi connectivity index (χ0v) is 14.9. The Morgan fingerprint density at radius 3 is 3.00 bits per heavy atom. The van der Waals surface area contributed by atoms with Crippen molar-refractivity contribution in [2.45, 2.75) is 18.7 Å². The van der Waals surface area contributed by atoms with E-state index in [0.717, 1.165) is 22.3 Å². The highest BCUT2D eigenvalue weighted by Crippen LogP contribution is 2.19. The molecule has 0 spiro atoms. The topological polar surface area (TPSA) is 46.9 Å². The monoisotopic (exact) mass is 359 g/mol. The Morgan fingerprint density at radius 1 is 1.29 bits per heavy atom. The second-order valence-electron chi connectivity index (χ2n) is 5.50. The molecule has 3 aromatic rings. The first-order valence-electron chi connectivity index (χ1n) is 7.64. The third-order valence-electron chi connectivity index (χ3n) is 3.68. The number of amides is 1. The van der Waals surface area contributed by atoms with Gasteiger partial charge in [-0.3, -0.25) is 9.48 Å². The van der Waals surface area contributed by atoms with Gasteiger partial charge in [0.2, 0.25) is 5.91 Å². The third kappa shape index (κ3) is 4.10. The number of aryl methyl sites for hydroxylation is 1. The number of hydrogen-bond donors (Lipinski definition) is 1. The summed E-state index contributed by atoms with van der Waals surface area (Å²) in [5.41, 5.74) is 3.02. The maximum absolute atomic E-state index is 12.2. The van der Waals surface area contributed by atoms with Crippen LogP contribution < -0.4 is 5.32 Å². The molecule has 0 saturated heterocycles. The molecule has 1 amide bonds. The first-order chi connectivity index (χ1) is 11.7. The predicted molar refractivity (Wildman–Crippen MR) is 102 cm³/mol. The molecule has 0 fully saturated rings. The molecule has 6 heteroatoms. The molecule has 24 heavy (non-hydrogen) atoms. The highest BCUT2D eigenvalue weighted by Gasteiger charge is 2.07. The molecule has 4 nitrogen and oxygen atoms in total. The van der Waals surface area contributed by atoms with Crippen molar-refractivity contribution in [2.24, 2.45) is 0 Å². The number of nitrogens with zero attached hydrogens (tertiary/aromatic N) is 2. The van der Waals surface area contributed by atoms with Crippen molar-refractivity contribution >= 4 is 45.9 Å². The van der Waals surface area contributed by atoms with Crippen LogP contribution in [0.5, 0.6) is 0 Å². The third-order valence-corrected chi connectivity index (χ3v) is 4.53. The molecule has 0 aliphatic carbocycles. The smallest absolute Gasteiger partial charge is 0.226 e. The van der Waals surface area contributed by atoms with Crippen molar-refractivity contribution < 1.29 is 4.79 Å². The summed E-state index contributed by atoms with van der Waals surface area (Å²) in [6, 6.07) is 13.6. The van der Waals surface area contributed by atoms with Gasteiger partial charge in [-0.2, -0.15) is 16.9 Å². The van der Waals surface area contributed by atoms with Gasteiger partial charge in [0.1, 0.15) is 0 Å². The van der Waals surface area contributed by atoms with Gasteiger partial charge < -0.3 is 5.32 Å². The van der Waals surface area contributed by atoms with E-state index in [2.05, 4.69) is 22.7 Å². The molecule has 0 radical (unpaired) electrons. The Morgan fingerprint density at radius 2 is 2.17 bits per heavy atom. The number of halogens is 1. The number of nitrogens with one attached hydrogen (secondary N) is 1. The molecule has 0 unspecified atom stereocenters. The van der Waals surface area contributed by atoms with Crippen molar-refractivity contribution in [3.63, 3.8) is 0 Å². The Hall–Kier alpha value is -1.98. The normalized spacial score (nSPS) is 10.9. The van der Waals surface area contributed by atoms with Gasteiger partial charge in [-0.05, 0) is 42.2 Å². The van der Waals surface area contributed by atoms with E-state index >= 15 is 0 Å². The average molecular weight is 360 g/mol. The number of benzene rings is 2. The minimum absolute atomic E-state index is 0.0195. The Bertz CT molecular complexity index is 862. The highest BCUT2D eigenvalue weighted by molar-refractivity contribution is 7.97. The standard InChI is InChI=1S/C18H18ClN3OS/c1-24-12-13-3-2-4-16(9-13)21-18(23)7-8-22-17-6-5-15(19)10-14(17)11-20-22/h2-6,9-11H,7-8,12H2,1H3,(H,21,23). The van der Waals surface area contributed by atoms with E-state index in [1.807, 2.05) is 41.1 Å².